The highest BCUT2D eigenvalue weighted by Gasteiger charge is 2.18. The summed E-state index contributed by atoms with van der Waals surface area (Å²) in [4.78, 5) is 10.4. The normalized spacial score (nSPS) is 14.6. The lowest BCUT2D eigenvalue weighted by atomic mass is 10.1. The second-order valence-corrected chi connectivity index (χ2v) is 5.95. The van der Waals surface area contributed by atoms with Gasteiger partial charge < -0.3 is 4.57 Å². The molecular weight excluding hydrogens is 330 g/mol. The zero-order chi connectivity index (χ0) is 17.1. The van der Waals surface area contributed by atoms with E-state index in [0.29, 0.717) is 17.0 Å². The fourth-order valence-electron chi connectivity index (χ4n) is 2.76. The summed E-state index contributed by atoms with van der Waals surface area (Å²) < 4.78 is 1.96. The third-order valence-corrected chi connectivity index (χ3v) is 4.27. The summed E-state index contributed by atoms with van der Waals surface area (Å²) in [5, 5.41) is 28.9. The summed E-state index contributed by atoms with van der Waals surface area (Å²) in [5.74, 6) is 1.39. The second-order valence-electron chi connectivity index (χ2n) is 5.54. The highest BCUT2D eigenvalue weighted by Crippen LogP contribution is 2.27. The molecular formula is C16H14ClN5O2. The van der Waals surface area contributed by atoms with E-state index in [-0.39, 0.29) is 10.7 Å². The molecule has 1 aromatic carbocycles. The van der Waals surface area contributed by atoms with Gasteiger partial charge in [-0.25, -0.2) is 0 Å². The number of hydrogen-bond donors (Lipinski definition) is 0. The van der Waals surface area contributed by atoms with Gasteiger partial charge in [0.15, 0.2) is 5.82 Å². The summed E-state index contributed by atoms with van der Waals surface area (Å²) in [5.41, 5.74) is 0.656. The lowest BCUT2D eigenvalue weighted by Crippen LogP contribution is -2.05. The number of nitrogens with zero attached hydrogens (tertiary/aromatic N) is 5. The predicted molar refractivity (Wildman–Crippen MR) is 89.2 cm³/mol. The van der Waals surface area contributed by atoms with E-state index >= 15 is 0 Å². The molecule has 2 aromatic rings. The second kappa shape index (κ2) is 6.81. The summed E-state index contributed by atoms with van der Waals surface area (Å²) in [6.07, 6.45) is 5.62. The molecule has 1 aliphatic heterocycles. The van der Waals surface area contributed by atoms with Crippen LogP contribution < -0.4 is 0 Å². The standard InChI is InChI=1S/C16H14ClN5O2/c17-13-6-5-11(9-14(13)22(23)24)8-12(10-18)16-20-19-15-4-2-1-3-7-21(15)16/h5-6,8-9H,1-4,7H2/b12-8+. The zero-order valence-corrected chi connectivity index (χ0v) is 13.5. The quantitative estimate of drug-likeness (QED) is 0.481. The van der Waals surface area contributed by atoms with Crippen LogP contribution in [0.1, 0.15) is 36.5 Å². The predicted octanol–water partition coefficient (Wildman–Crippen LogP) is 3.63. The van der Waals surface area contributed by atoms with E-state index in [1.54, 1.807) is 12.1 Å². The highest BCUT2D eigenvalue weighted by atomic mass is 35.5. The van der Waals surface area contributed by atoms with Crippen LogP contribution >= 0.6 is 11.6 Å². The molecule has 0 unspecified atom stereocenters. The molecule has 0 N–H and O–H groups in total. The fraction of sp³-hybridized carbons (Fsp3) is 0.312. The molecule has 1 aliphatic rings. The Bertz CT molecular complexity index is 866. The maximum Gasteiger partial charge on any atom is 0.288 e. The monoisotopic (exact) mass is 343 g/mol. The molecule has 0 bridgehead atoms. The third kappa shape index (κ3) is 3.14. The number of halogens is 1. The van der Waals surface area contributed by atoms with Gasteiger partial charge in [-0.05, 0) is 30.5 Å². The molecule has 0 fully saturated rings. The van der Waals surface area contributed by atoms with Crippen molar-refractivity contribution in [3.05, 3.63) is 50.5 Å². The highest BCUT2D eigenvalue weighted by molar-refractivity contribution is 6.32. The molecule has 0 radical (unpaired) electrons. The van der Waals surface area contributed by atoms with Crippen molar-refractivity contribution in [3.63, 3.8) is 0 Å². The lowest BCUT2D eigenvalue weighted by Gasteiger charge is -2.06. The van der Waals surface area contributed by atoms with Crippen LogP contribution in [-0.4, -0.2) is 19.7 Å². The van der Waals surface area contributed by atoms with E-state index in [9.17, 15) is 15.4 Å². The van der Waals surface area contributed by atoms with Crippen molar-refractivity contribution in [2.24, 2.45) is 0 Å². The molecule has 122 valence electrons. The molecule has 0 spiro atoms. The van der Waals surface area contributed by atoms with Crippen LogP contribution in [0.5, 0.6) is 0 Å². The smallest absolute Gasteiger partial charge is 0.288 e. The molecule has 0 amide bonds. The molecule has 8 heteroatoms. The number of nitro groups is 1. The van der Waals surface area contributed by atoms with Crippen LogP contribution in [0, 0.1) is 21.4 Å². The molecule has 0 saturated carbocycles. The van der Waals surface area contributed by atoms with E-state index in [0.717, 1.165) is 38.1 Å². The number of aryl methyl sites for hydroxylation is 1. The zero-order valence-electron chi connectivity index (χ0n) is 12.8. The van der Waals surface area contributed by atoms with Crippen molar-refractivity contribution < 1.29 is 4.92 Å². The van der Waals surface area contributed by atoms with E-state index < -0.39 is 4.92 Å². The summed E-state index contributed by atoms with van der Waals surface area (Å²) >= 11 is 5.82. The van der Waals surface area contributed by atoms with Gasteiger partial charge in [-0.2, -0.15) is 5.26 Å². The average molecular weight is 344 g/mol. The van der Waals surface area contributed by atoms with E-state index in [1.807, 2.05) is 4.57 Å². The largest absolute Gasteiger partial charge is 0.310 e. The molecule has 0 saturated heterocycles. The van der Waals surface area contributed by atoms with Gasteiger partial charge >= 0.3 is 0 Å². The fourth-order valence-corrected chi connectivity index (χ4v) is 2.94. The van der Waals surface area contributed by atoms with Crippen LogP contribution in [0.2, 0.25) is 5.02 Å². The molecule has 7 nitrogen and oxygen atoms in total. The Hall–Kier alpha value is -2.72. The van der Waals surface area contributed by atoms with Crippen LogP contribution in [0.15, 0.2) is 18.2 Å². The van der Waals surface area contributed by atoms with Gasteiger partial charge in [0.05, 0.1) is 10.5 Å². The molecule has 24 heavy (non-hydrogen) atoms. The third-order valence-electron chi connectivity index (χ3n) is 3.95. The minimum atomic E-state index is -0.547. The Morgan fingerprint density at radius 1 is 1.38 bits per heavy atom. The Morgan fingerprint density at radius 3 is 2.96 bits per heavy atom. The SMILES string of the molecule is N#C/C(=C\c1ccc(Cl)c([N+](=O)[O-])c1)c1nnc2n1CCCCC2. The lowest BCUT2D eigenvalue weighted by molar-refractivity contribution is -0.384. The number of nitro benzene ring substituents is 1. The van der Waals surface area contributed by atoms with Gasteiger partial charge in [0.25, 0.3) is 5.69 Å². The van der Waals surface area contributed by atoms with E-state index in [4.69, 9.17) is 11.6 Å². The molecule has 0 aliphatic carbocycles. The number of aromatic nitrogens is 3. The summed E-state index contributed by atoms with van der Waals surface area (Å²) in [7, 11) is 0. The van der Waals surface area contributed by atoms with Crippen molar-refractivity contribution in [2.45, 2.75) is 32.2 Å². The first kappa shape index (κ1) is 16.1. The van der Waals surface area contributed by atoms with Gasteiger partial charge in [0, 0.05) is 19.0 Å². The van der Waals surface area contributed by atoms with Crippen LogP contribution in [0.3, 0.4) is 0 Å². The number of benzene rings is 1. The number of nitriles is 1. The molecule has 2 heterocycles. The number of allylic oxidation sites excluding steroid dienone is 1. The average Bonchev–Trinajstić information content (AvgIpc) is 2.82. The first-order valence-corrected chi connectivity index (χ1v) is 7.96. The summed E-state index contributed by atoms with van der Waals surface area (Å²) in [6, 6.07) is 6.55. The Balaban J connectivity index is 2.03. The maximum absolute atomic E-state index is 11.0. The minimum absolute atomic E-state index is 0.0620. The van der Waals surface area contributed by atoms with Gasteiger partial charge in [-0.15, -0.1) is 10.2 Å². The van der Waals surface area contributed by atoms with Crippen molar-refractivity contribution in [3.8, 4) is 6.07 Å². The van der Waals surface area contributed by atoms with Crippen LogP contribution in [0.4, 0.5) is 5.69 Å². The number of hydrogen-bond acceptors (Lipinski definition) is 5. The van der Waals surface area contributed by atoms with Crippen molar-refractivity contribution in [1.29, 1.82) is 5.26 Å². The maximum atomic E-state index is 11.0. The number of rotatable bonds is 3. The topological polar surface area (TPSA) is 97.6 Å². The summed E-state index contributed by atoms with van der Waals surface area (Å²) in [6.45, 7) is 0.775. The Labute approximate surface area is 143 Å². The first-order chi connectivity index (χ1) is 11.6. The van der Waals surface area contributed by atoms with E-state index in [2.05, 4.69) is 16.3 Å². The Kier molecular flexibility index (Phi) is 4.58. The van der Waals surface area contributed by atoms with Gasteiger partial charge in [-0.1, -0.05) is 24.1 Å². The van der Waals surface area contributed by atoms with Crippen molar-refractivity contribution in [2.75, 3.05) is 0 Å². The van der Waals surface area contributed by atoms with Crippen LogP contribution in [0.25, 0.3) is 11.6 Å². The van der Waals surface area contributed by atoms with Gasteiger partial charge in [-0.3, -0.25) is 10.1 Å². The van der Waals surface area contributed by atoms with Crippen molar-refractivity contribution >= 4 is 28.9 Å². The Morgan fingerprint density at radius 2 is 2.21 bits per heavy atom. The van der Waals surface area contributed by atoms with E-state index in [1.165, 1.54) is 12.1 Å². The first-order valence-electron chi connectivity index (χ1n) is 7.58. The minimum Gasteiger partial charge on any atom is -0.310 e. The van der Waals surface area contributed by atoms with Gasteiger partial charge in [0.1, 0.15) is 16.9 Å². The van der Waals surface area contributed by atoms with Gasteiger partial charge in [0.2, 0.25) is 0 Å². The van der Waals surface area contributed by atoms with Crippen LogP contribution in [-0.2, 0) is 13.0 Å². The van der Waals surface area contributed by atoms with Crippen molar-refractivity contribution in [1.82, 2.24) is 14.8 Å². The molecule has 3 rings (SSSR count). The molecule has 1 aromatic heterocycles. The number of fused-ring (bicyclic) bond motifs is 1. The molecule has 0 atom stereocenters.